The molecular weight excluding hydrogens is 307 g/mol. The molecule has 0 heterocycles. The first kappa shape index (κ1) is 26.6. The Bertz CT molecular complexity index is 295. The van der Waals surface area contributed by atoms with Gasteiger partial charge in [0.25, 0.3) is 0 Å². The second-order valence-corrected chi connectivity index (χ2v) is 3.56. The van der Waals surface area contributed by atoms with Crippen molar-refractivity contribution in [3.8, 4) is 0 Å². The first-order chi connectivity index (χ1) is 8.07. The van der Waals surface area contributed by atoms with Crippen molar-refractivity contribution in [3.63, 3.8) is 0 Å². The summed E-state index contributed by atoms with van der Waals surface area (Å²) in [6, 6.07) is 0. The number of halogens is 2. The third-order valence-electron chi connectivity index (χ3n) is 1.40. The molecule has 0 saturated heterocycles. The second-order valence-electron chi connectivity index (χ2n) is 3.56. The van der Waals surface area contributed by atoms with Gasteiger partial charge in [0, 0.05) is 28.2 Å². The molecule has 0 fully saturated rings. The molecule has 10 N–H and O–H groups in total. The zero-order chi connectivity index (χ0) is 14.9. The number of nitrogens with two attached hydrogens (primary N) is 2. The highest BCUT2D eigenvalue weighted by Gasteiger charge is 1.96. The molecule has 0 aliphatic rings. The van der Waals surface area contributed by atoms with E-state index in [1.165, 1.54) is 9.80 Å². The Morgan fingerprint density at radius 3 is 0.950 bits per heavy atom. The lowest BCUT2D eigenvalue weighted by molar-refractivity contribution is 0.599. The van der Waals surface area contributed by atoms with Gasteiger partial charge in [0.15, 0.2) is 23.8 Å². The van der Waals surface area contributed by atoms with Crippen LogP contribution in [0, 0.1) is 21.6 Å². The van der Waals surface area contributed by atoms with Crippen LogP contribution in [0.3, 0.4) is 0 Å². The largest absolute Gasteiger partial charge is 0.370 e. The average molecular weight is 331 g/mol. The predicted octanol–water partition coefficient (Wildman–Crippen LogP) is -1.22. The van der Waals surface area contributed by atoms with E-state index in [0.717, 1.165) is 0 Å². The Kier molecular flexibility index (Phi) is 17.9. The fourth-order valence-electron chi connectivity index (χ4n) is 0.479. The molecule has 0 aliphatic carbocycles. The van der Waals surface area contributed by atoms with Gasteiger partial charge in [-0.1, -0.05) is 0 Å². The predicted molar refractivity (Wildman–Crippen MR) is 87.4 cm³/mol. The van der Waals surface area contributed by atoms with Crippen molar-refractivity contribution >= 4 is 48.7 Å². The van der Waals surface area contributed by atoms with Gasteiger partial charge in [0.2, 0.25) is 0 Å². The van der Waals surface area contributed by atoms with E-state index >= 15 is 0 Å². The monoisotopic (exact) mass is 330 g/mol. The lowest BCUT2D eigenvalue weighted by Crippen LogP contribution is -2.42. The van der Waals surface area contributed by atoms with E-state index < -0.39 is 0 Å². The summed E-state index contributed by atoms with van der Waals surface area (Å²) in [6.45, 7) is 0. The Morgan fingerprint density at radius 2 is 0.900 bits per heavy atom. The molecule has 0 spiro atoms. The summed E-state index contributed by atoms with van der Waals surface area (Å²) in [5, 5.41) is 32.2. The van der Waals surface area contributed by atoms with Crippen molar-refractivity contribution in [1.82, 2.24) is 20.4 Å². The van der Waals surface area contributed by atoms with E-state index in [-0.39, 0.29) is 48.7 Å². The minimum absolute atomic E-state index is 0. The van der Waals surface area contributed by atoms with Crippen LogP contribution in [0.1, 0.15) is 0 Å². The lowest BCUT2D eigenvalue weighted by Gasteiger charge is -2.13. The number of nitrogens with zero attached hydrogens (tertiary/aromatic N) is 2. The summed E-state index contributed by atoms with van der Waals surface area (Å²) in [5.74, 6) is -0.201. The first-order valence-corrected chi connectivity index (χ1v) is 4.81. The van der Waals surface area contributed by atoms with Crippen molar-refractivity contribution in [2.24, 2.45) is 11.5 Å². The highest BCUT2D eigenvalue weighted by Crippen LogP contribution is 1.70. The fraction of sp³-hybridized carbons (Fsp3) is 0.500. The Labute approximate surface area is 131 Å². The minimum atomic E-state index is -0.214. The molecule has 0 amide bonds. The van der Waals surface area contributed by atoms with Crippen molar-refractivity contribution < 1.29 is 0 Å². The maximum Gasteiger partial charge on any atom is 0.197 e. The Hall–Kier alpha value is -1.94. The molecule has 20 heavy (non-hydrogen) atoms. The molecule has 10 nitrogen and oxygen atoms in total. The smallest absolute Gasteiger partial charge is 0.197 e. The van der Waals surface area contributed by atoms with E-state index in [1.54, 1.807) is 28.2 Å². The van der Waals surface area contributed by atoms with E-state index in [2.05, 4.69) is 10.6 Å². The molecule has 0 unspecified atom stereocenters. The molecule has 120 valence electrons. The van der Waals surface area contributed by atoms with Gasteiger partial charge in [0.05, 0.1) is 0 Å². The summed E-state index contributed by atoms with van der Waals surface area (Å²) >= 11 is 0. The highest BCUT2D eigenvalue weighted by atomic mass is 35.5. The normalized spacial score (nSPS) is 7.40. The Balaban J connectivity index is -0.000000116. The van der Waals surface area contributed by atoms with Crippen LogP contribution in [0.2, 0.25) is 0 Å². The average Bonchev–Trinajstić information content (AvgIpc) is 2.16. The molecule has 0 aromatic rings. The van der Waals surface area contributed by atoms with Gasteiger partial charge in [-0.15, -0.1) is 24.8 Å². The molecule has 0 bridgehead atoms. The molecule has 0 atom stereocenters. The molecular formula is C8H24Cl2N10. The standard InChI is InChI=1S/2C4H11N5.2ClH/c2*1-9(2)4(7)8-3(5)6;;/h2*1-2H3,(H5,5,6,7,8);2*1H. The molecule has 0 radical (unpaired) electrons. The number of hydrogen-bond acceptors (Lipinski definition) is 4. The van der Waals surface area contributed by atoms with Gasteiger partial charge in [-0.3, -0.25) is 32.3 Å². The van der Waals surface area contributed by atoms with Crippen LogP contribution in [-0.4, -0.2) is 61.8 Å². The van der Waals surface area contributed by atoms with Crippen LogP contribution in [0.25, 0.3) is 0 Å². The fourth-order valence-corrected chi connectivity index (χ4v) is 0.479. The molecule has 0 aromatic carbocycles. The quantitative estimate of drug-likeness (QED) is 0.203. The van der Waals surface area contributed by atoms with Gasteiger partial charge in [0.1, 0.15) is 0 Å². The SMILES string of the molecule is CN(C)C(=N)NC(=N)N.CN(C)C(=N)NC(=N)N.Cl.Cl. The van der Waals surface area contributed by atoms with Crippen molar-refractivity contribution in [2.45, 2.75) is 0 Å². The van der Waals surface area contributed by atoms with Crippen LogP contribution in [0.5, 0.6) is 0 Å². The maximum atomic E-state index is 7.07. The molecule has 0 aromatic heterocycles. The molecule has 0 rings (SSSR count). The summed E-state index contributed by atoms with van der Waals surface area (Å²) < 4.78 is 0. The summed E-state index contributed by atoms with van der Waals surface area (Å²) in [4.78, 5) is 3.03. The third kappa shape index (κ3) is 18.4. The van der Waals surface area contributed by atoms with Crippen molar-refractivity contribution in [3.05, 3.63) is 0 Å². The van der Waals surface area contributed by atoms with Crippen LogP contribution >= 0.6 is 24.8 Å². The van der Waals surface area contributed by atoms with Crippen LogP contribution in [0.4, 0.5) is 0 Å². The van der Waals surface area contributed by atoms with Gasteiger partial charge >= 0.3 is 0 Å². The van der Waals surface area contributed by atoms with Crippen LogP contribution < -0.4 is 22.1 Å². The number of guanidine groups is 4. The van der Waals surface area contributed by atoms with Gasteiger partial charge in [-0.05, 0) is 0 Å². The second kappa shape index (κ2) is 13.5. The summed E-state index contributed by atoms with van der Waals surface area (Å²) in [6.07, 6.45) is 0. The van der Waals surface area contributed by atoms with E-state index in [1.807, 2.05) is 0 Å². The molecule has 0 saturated carbocycles. The highest BCUT2D eigenvalue weighted by molar-refractivity contribution is 5.95. The van der Waals surface area contributed by atoms with E-state index in [4.69, 9.17) is 33.1 Å². The third-order valence-corrected chi connectivity index (χ3v) is 1.40. The van der Waals surface area contributed by atoms with Crippen molar-refractivity contribution in [2.75, 3.05) is 28.2 Å². The first-order valence-electron chi connectivity index (χ1n) is 4.81. The summed E-state index contributed by atoms with van der Waals surface area (Å²) in [7, 11) is 6.77. The molecule has 12 heteroatoms. The van der Waals surface area contributed by atoms with E-state index in [9.17, 15) is 0 Å². The van der Waals surface area contributed by atoms with Gasteiger partial charge < -0.3 is 21.3 Å². The zero-order valence-electron chi connectivity index (χ0n) is 11.9. The lowest BCUT2D eigenvalue weighted by atomic mass is 10.8. The number of nitrogens with one attached hydrogen (secondary N) is 6. The Morgan fingerprint density at radius 1 is 0.700 bits per heavy atom. The topological polar surface area (TPSA) is 178 Å². The number of rotatable bonds is 0. The van der Waals surface area contributed by atoms with Crippen LogP contribution in [-0.2, 0) is 0 Å². The zero-order valence-corrected chi connectivity index (χ0v) is 13.5. The van der Waals surface area contributed by atoms with Crippen LogP contribution in [0.15, 0.2) is 0 Å². The minimum Gasteiger partial charge on any atom is -0.370 e. The maximum absolute atomic E-state index is 7.07. The number of hydrogen-bond donors (Lipinski definition) is 8. The summed E-state index contributed by atoms with van der Waals surface area (Å²) in [5.41, 5.74) is 9.87. The van der Waals surface area contributed by atoms with Gasteiger partial charge in [-0.2, -0.15) is 0 Å². The van der Waals surface area contributed by atoms with Crippen molar-refractivity contribution in [1.29, 1.82) is 21.6 Å². The van der Waals surface area contributed by atoms with Gasteiger partial charge in [-0.25, -0.2) is 0 Å². The van der Waals surface area contributed by atoms with E-state index in [0.29, 0.717) is 0 Å². The molecule has 0 aliphatic heterocycles.